The second kappa shape index (κ2) is 6.15. The maximum atomic E-state index is 11.8. The summed E-state index contributed by atoms with van der Waals surface area (Å²) in [4.78, 5) is 27.4. The van der Waals surface area contributed by atoms with Crippen LogP contribution in [0.5, 0.6) is 0 Å². The summed E-state index contributed by atoms with van der Waals surface area (Å²) < 4.78 is 0. The summed E-state index contributed by atoms with van der Waals surface area (Å²) in [7, 11) is 0. The topological polar surface area (TPSA) is 40.6 Å². The minimum atomic E-state index is 0.0684. The van der Waals surface area contributed by atoms with E-state index in [2.05, 4.69) is 4.90 Å². The number of carbonyl (C=O) groups excluding carboxylic acids is 2. The highest BCUT2D eigenvalue weighted by Crippen LogP contribution is 2.08. The molecule has 0 N–H and O–H groups in total. The van der Waals surface area contributed by atoms with E-state index in [9.17, 15) is 9.59 Å². The molecule has 4 heteroatoms. The van der Waals surface area contributed by atoms with Gasteiger partial charge in [-0.05, 0) is 0 Å². The van der Waals surface area contributed by atoms with Crippen molar-refractivity contribution in [2.75, 3.05) is 32.7 Å². The quantitative estimate of drug-likeness (QED) is 0.736. The van der Waals surface area contributed by atoms with Gasteiger partial charge in [0.15, 0.2) is 0 Å². The van der Waals surface area contributed by atoms with Crippen molar-refractivity contribution in [1.82, 2.24) is 9.80 Å². The van der Waals surface area contributed by atoms with Crippen LogP contribution in [0.1, 0.15) is 27.7 Å². The van der Waals surface area contributed by atoms with Gasteiger partial charge in [0.2, 0.25) is 5.91 Å². The first kappa shape index (κ1) is 14.2. The van der Waals surface area contributed by atoms with Gasteiger partial charge in [-0.3, -0.25) is 14.5 Å². The Morgan fingerprint density at radius 1 is 0.941 bits per heavy atom. The van der Waals surface area contributed by atoms with Crippen molar-refractivity contribution >= 4 is 11.7 Å². The Balaban J connectivity index is 2.36. The molecular formula is C13H24N2O2. The number of ketones is 1. The van der Waals surface area contributed by atoms with Crippen molar-refractivity contribution < 1.29 is 9.59 Å². The average molecular weight is 240 g/mol. The highest BCUT2D eigenvalue weighted by molar-refractivity contribution is 5.82. The predicted molar refractivity (Wildman–Crippen MR) is 67.7 cm³/mol. The molecule has 0 radical (unpaired) electrons. The van der Waals surface area contributed by atoms with Crippen molar-refractivity contribution in [1.29, 1.82) is 0 Å². The van der Waals surface area contributed by atoms with Crippen molar-refractivity contribution in [3.05, 3.63) is 0 Å². The van der Waals surface area contributed by atoms with Crippen LogP contribution in [0, 0.1) is 11.8 Å². The molecule has 98 valence electrons. The summed E-state index contributed by atoms with van der Waals surface area (Å²) in [5.41, 5.74) is 0. The van der Waals surface area contributed by atoms with Crippen LogP contribution in [0.25, 0.3) is 0 Å². The van der Waals surface area contributed by atoms with Crippen LogP contribution in [-0.4, -0.2) is 54.2 Å². The van der Waals surface area contributed by atoms with Crippen LogP contribution in [-0.2, 0) is 9.59 Å². The van der Waals surface area contributed by atoms with Gasteiger partial charge in [-0.15, -0.1) is 0 Å². The molecule has 1 amide bonds. The van der Waals surface area contributed by atoms with E-state index in [0.717, 1.165) is 26.2 Å². The first-order valence-corrected chi connectivity index (χ1v) is 6.45. The summed E-state index contributed by atoms with van der Waals surface area (Å²) in [5.74, 6) is 0.678. The lowest BCUT2D eigenvalue weighted by Gasteiger charge is -2.35. The second-order valence-corrected chi connectivity index (χ2v) is 5.38. The number of amides is 1. The third-order valence-corrected chi connectivity index (χ3v) is 3.20. The first-order valence-electron chi connectivity index (χ1n) is 6.45. The summed E-state index contributed by atoms with van der Waals surface area (Å²) >= 11 is 0. The summed E-state index contributed by atoms with van der Waals surface area (Å²) in [5, 5.41) is 0. The Morgan fingerprint density at radius 3 is 1.88 bits per heavy atom. The van der Waals surface area contributed by atoms with E-state index < -0.39 is 0 Å². The van der Waals surface area contributed by atoms with E-state index >= 15 is 0 Å². The van der Waals surface area contributed by atoms with E-state index in [4.69, 9.17) is 0 Å². The number of piperazine rings is 1. The number of Topliss-reactive ketones (excluding diaryl/α,β-unsaturated/α-hetero) is 1. The van der Waals surface area contributed by atoms with Gasteiger partial charge in [0.1, 0.15) is 5.78 Å². The molecule has 1 heterocycles. The molecule has 0 saturated carbocycles. The lowest BCUT2D eigenvalue weighted by molar-refractivity contribution is -0.136. The normalized spacial score (nSPS) is 17.9. The smallest absolute Gasteiger partial charge is 0.225 e. The van der Waals surface area contributed by atoms with Crippen LogP contribution in [0.2, 0.25) is 0 Å². The van der Waals surface area contributed by atoms with Crippen LogP contribution in [0.3, 0.4) is 0 Å². The Labute approximate surface area is 104 Å². The molecule has 1 aliphatic rings. The molecule has 0 aromatic heterocycles. The van der Waals surface area contributed by atoms with Crippen molar-refractivity contribution in [3.8, 4) is 0 Å². The summed E-state index contributed by atoms with van der Waals surface area (Å²) in [6.07, 6.45) is 0. The molecule has 0 aromatic carbocycles. The Hall–Kier alpha value is -0.900. The average Bonchev–Trinajstić information content (AvgIpc) is 2.28. The number of hydrogen-bond donors (Lipinski definition) is 0. The fraction of sp³-hybridized carbons (Fsp3) is 0.846. The molecule has 1 saturated heterocycles. The highest BCUT2D eigenvalue weighted by atomic mass is 16.2. The van der Waals surface area contributed by atoms with Crippen molar-refractivity contribution in [2.24, 2.45) is 11.8 Å². The van der Waals surface area contributed by atoms with E-state index in [-0.39, 0.29) is 23.5 Å². The molecule has 0 unspecified atom stereocenters. The van der Waals surface area contributed by atoms with Gasteiger partial charge < -0.3 is 4.90 Å². The maximum Gasteiger partial charge on any atom is 0.225 e. The third-order valence-electron chi connectivity index (χ3n) is 3.20. The minimum absolute atomic E-state index is 0.0684. The molecule has 1 fully saturated rings. The molecule has 1 rings (SSSR count). The molecule has 0 aromatic rings. The molecule has 0 aliphatic carbocycles. The second-order valence-electron chi connectivity index (χ2n) is 5.38. The predicted octanol–water partition coefficient (Wildman–Crippen LogP) is 1.01. The Bertz CT molecular complexity index is 279. The van der Waals surface area contributed by atoms with Gasteiger partial charge in [0.25, 0.3) is 0 Å². The van der Waals surface area contributed by atoms with Gasteiger partial charge in [-0.2, -0.15) is 0 Å². The number of hydrogen-bond acceptors (Lipinski definition) is 3. The molecular weight excluding hydrogens is 216 g/mol. The van der Waals surface area contributed by atoms with Gasteiger partial charge in [-0.25, -0.2) is 0 Å². The third kappa shape index (κ3) is 4.11. The molecule has 0 bridgehead atoms. The first-order chi connectivity index (χ1) is 7.91. The largest absolute Gasteiger partial charge is 0.340 e. The van der Waals surface area contributed by atoms with Gasteiger partial charge in [-0.1, -0.05) is 27.7 Å². The zero-order valence-corrected chi connectivity index (χ0v) is 11.4. The van der Waals surface area contributed by atoms with Gasteiger partial charge in [0, 0.05) is 38.0 Å². The zero-order valence-electron chi connectivity index (χ0n) is 11.4. The zero-order chi connectivity index (χ0) is 13.0. The van der Waals surface area contributed by atoms with Crippen molar-refractivity contribution in [3.63, 3.8) is 0 Å². The molecule has 1 aliphatic heterocycles. The van der Waals surface area contributed by atoms with Crippen molar-refractivity contribution in [2.45, 2.75) is 27.7 Å². The van der Waals surface area contributed by atoms with E-state index in [0.29, 0.717) is 6.54 Å². The molecule has 0 spiro atoms. The van der Waals surface area contributed by atoms with E-state index in [1.807, 2.05) is 32.6 Å². The molecule has 4 nitrogen and oxygen atoms in total. The lowest BCUT2D eigenvalue weighted by atomic mass is 10.1. The number of rotatable bonds is 4. The standard InChI is InChI=1S/C13H24N2O2/c1-10(2)12(16)9-14-5-7-15(8-6-14)13(17)11(3)4/h10-11H,5-9H2,1-4H3. The number of nitrogens with zero attached hydrogens (tertiary/aromatic N) is 2. The SMILES string of the molecule is CC(C)C(=O)CN1CCN(C(=O)C(C)C)CC1. The van der Waals surface area contributed by atoms with Crippen LogP contribution >= 0.6 is 0 Å². The summed E-state index contributed by atoms with van der Waals surface area (Å²) in [6, 6.07) is 0. The Morgan fingerprint density at radius 2 is 1.47 bits per heavy atom. The van der Waals surface area contributed by atoms with Gasteiger partial charge >= 0.3 is 0 Å². The van der Waals surface area contributed by atoms with Crippen LogP contribution in [0.4, 0.5) is 0 Å². The van der Waals surface area contributed by atoms with Crippen LogP contribution < -0.4 is 0 Å². The summed E-state index contributed by atoms with van der Waals surface area (Å²) in [6.45, 7) is 11.4. The van der Waals surface area contributed by atoms with Crippen LogP contribution in [0.15, 0.2) is 0 Å². The van der Waals surface area contributed by atoms with E-state index in [1.54, 1.807) is 0 Å². The monoisotopic (exact) mass is 240 g/mol. The highest BCUT2D eigenvalue weighted by Gasteiger charge is 2.24. The number of carbonyl (C=O) groups is 2. The maximum absolute atomic E-state index is 11.8. The van der Waals surface area contributed by atoms with Gasteiger partial charge in [0.05, 0.1) is 6.54 Å². The van der Waals surface area contributed by atoms with E-state index in [1.165, 1.54) is 0 Å². The fourth-order valence-corrected chi connectivity index (χ4v) is 1.89. The molecule has 17 heavy (non-hydrogen) atoms. The Kier molecular flexibility index (Phi) is 5.12. The fourth-order valence-electron chi connectivity index (χ4n) is 1.89. The molecule has 0 atom stereocenters. The minimum Gasteiger partial charge on any atom is -0.340 e. The lowest BCUT2D eigenvalue weighted by Crippen LogP contribution is -2.51.